The molecule has 3 nitrogen and oxygen atoms in total. The van der Waals surface area contributed by atoms with E-state index in [0.717, 1.165) is 38.4 Å². The Morgan fingerprint density at radius 1 is 1.35 bits per heavy atom. The van der Waals surface area contributed by atoms with E-state index in [9.17, 15) is 0 Å². The number of hydrogen-bond acceptors (Lipinski definition) is 3. The van der Waals surface area contributed by atoms with Crippen LogP contribution in [0.25, 0.3) is 0 Å². The molecule has 1 aromatic carbocycles. The second-order valence-corrected chi connectivity index (χ2v) is 4.51. The summed E-state index contributed by atoms with van der Waals surface area (Å²) in [6, 6.07) is 8.88. The molecule has 1 saturated heterocycles. The molecule has 1 fully saturated rings. The molecule has 1 N–H and O–H groups in total. The fourth-order valence-corrected chi connectivity index (χ4v) is 2.43. The van der Waals surface area contributed by atoms with Crippen molar-refractivity contribution in [3.05, 3.63) is 29.8 Å². The van der Waals surface area contributed by atoms with E-state index in [-0.39, 0.29) is 0 Å². The molecule has 1 aliphatic heterocycles. The Balaban J connectivity index is 2.24. The molecular formula is C14H22N2O. The highest BCUT2D eigenvalue weighted by molar-refractivity contribution is 5.36. The van der Waals surface area contributed by atoms with Gasteiger partial charge in [-0.2, -0.15) is 0 Å². The summed E-state index contributed by atoms with van der Waals surface area (Å²) in [6.45, 7) is 6.01. The first-order valence-electron chi connectivity index (χ1n) is 6.45. The van der Waals surface area contributed by atoms with Crippen LogP contribution in [-0.2, 0) is 0 Å². The number of benzene rings is 1. The Labute approximate surface area is 104 Å². The van der Waals surface area contributed by atoms with Crippen molar-refractivity contribution < 1.29 is 4.74 Å². The normalized spacial score (nSPS) is 22.1. The lowest BCUT2D eigenvalue weighted by molar-refractivity contribution is 0.247. The SMILES string of the molecule is CCOc1ccccc1C1CCNCCN1C. The van der Waals surface area contributed by atoms with Gasteiger partial charge in [0.25, 0.3) is 0 Å². The molecule has 94 valence electrons. The van der Waals surface area contributed by atoms with Gasteiger partial charge in [0, 0.05) is 24.7 Å². The number of hydrogen-bond donors (Lipinski definition) is 1. The number of nitrogens with one attached hydrogen (secondary N) is 1. The maximum Gasteiger partial charge on any atom is 0.124 e. The molecule has 1 aromatic rings. The molecule has 0 aliphatic carbocycles. The molecule has 0 amide bonds. The van der Waals surface area contributed by atoms with Crippen LogP contribution in [0.5, 0.6) is 5.75 Å². The van der Waals surface area contributed by atoms with Crippen molar-refractivity contribution in [2.45, 2.75) is 19.4 Å². The molecule has 0 radical (unpaired) electrons. The highest BCUT2D eigenvalue weighted by Crippen LogP contribution is 2.31. The molecule has 0 spiro atoms. The summed E-state index contributed by atoms with van der Waals surface area (Å²) in [7, 11) is 2.19. The lowest BCUT2D eigenvalue weighted by Gasteiger charge is -2.27. The number of para-hydroxylation sites is 1. The standard InChI is InChI=1S/C14H22N2O/c1-3-17-14-7-5-4-6-12(14)13-8-9-15-10-11-16(13)2/h4-7,13,15H,3,8-11H2,1-2H3. The van der Waals surface area contributed by atoms with E-state index in [1.54, 1.807) is 0 Å². The zero-order chi connectivity index (χ0) is 12.1. The van der Waals surface area contributed by atoms with E-state index in [0.29, 0.717) is 6.04 Å². The zero-order valence-corrected chi connectivity index (χ0v) is 10.8. The van der Waals surface area contributed by atoms with Crippen LogP contribution < -0.4 is 10.1 Å². The van der Waals surface area contributed by atoms with Crippen molar-refractivity contribution in [3.8, 4) is 5.75 Å². The van der Waals surface area contributed by atoms with Crippen LogP contribution in [0.1, 0.15) is 24.9 Å². The van der Waals surface area contributed by atoms with Crippen molar-refractivity contribution in [3.63, 3.8) is 0 Å². The third-order valence-corrected chi connectivity index (χ3v) is 3.35. The molecule has 3 heteroatoms. The van der Waals surface area contributed by atoms with Gasteiger partial charge in [0.1, 0.15) is 5.75 Å². The number of ether oxygens (including phenoxy) is 1. The van der Waals surface area contributed by atoms with Crippen LogP contribution in [0, 0.1) is 0 Å². The maximum atomic E-state index is 5.73. The van der Waals surface area contributed by atoms with Crippen molar-refractivity contribution in [2.24, 2.45) is 0 Å². The van der Waals surface area contributed by atoms with Crippen LogP contribution in [0.3, 0.4) is 0 Å². The zero-order valence-electron chi connectivity index (χ0n) is 10.8. The van der Waals surface area contributed by atoms with E-state index in [2.05, 4.69) is 35.5 Å². The predicted octanol–water partition coefficient (Wildman–Crippen LogP) is 2.05. The van der Waals surface area contributed by atoms with Crippen molar-refractivity contribution in [1.82, 2.24) is 10.2 Å². The average Bonchev–Trinajstić information content (AvgIpc) is 2.55. The van der Waals surface area contributed by atoms with E-state index in [1.807, 2.05) is 13.0 Å². The smallest absolute Gasteiger partial charge is 0.124 e. The average molecular weight is 234 g/mol. The Hall–Kier alpha value is -1.06. The van der Waals surface area contributed by atoms with Crippen molar-refractivity contribution in [1.29, 1.82) is 0 Å². The fourth-order valence-electron chi connectivity index (χ4n) is 2.43. The number of rotatable bonds is 3. The molecular weight excluding hydrogens is 212 g/mol. The molecule has 1 heterocycles. The first kappa shape index (κ1) is 12.4. The van der Waals surface area contributed by atoms with Gasteiger partial charge in [0.05, 0.1) is 6.61 Å². The first-order chi connectivity index (χ1) is 8.33. The van der Waals surface area contributed by atoms with Gasteiger partial charge in [-0.15, -0.1) is 0 Å². The van der Waals surface area contributed by atoms with Crippen LogP contribution in [0.2, 0.25) is 0 Å². The molecule has 0 bridgehead atoms. The van der Waals surface area contributed by atoms with Gasteiger partial charge in [-0.3, -0.25) is 4.90 Å². The third kappa shape index (κ3) is 2.99. The Morgan fingerprint density at radius 3 is 3.00 bits per heavy atom. The van der Waals surface area contributed by atoms with E-state index >= 15 is 0 Å². The van der Waals surface area contributed by atoms with Gasteiger partial charge in [0.15, 0.2) is 0 Å². The highest BCUT2D eigenvalue weighted by atomic mass is 16.5. The quantitative estimate of drug-likeness (QED) is 0.866. The molecule has 1 atom stereocenters. The highest BCUT2D eigenvalue weighted by Gasteiger charge is 2.21. The lowest BCUT2D eigenvalue weighted by atomic mass is 10.0. The predicted molar refractivity (Wildman–Crippen MR) is 70.5 cm³/mol. The minimum atomic E-state index is 0.466. The summed E-state index contributed by atoms with van der Waals surface area (Å²) in [5, 5.41) is 3.45. The van der Waals surface area contributed by atoms with Gasteiger partial charge in [-0.05, 0) is 33.0 Å². The molecule has 2 rings (SSSR count). The van der Waals surface area contributed by atoms with E-state index in [4.69, 9.17) is 4.74 Å². The van der Waals surface area contributed by atoms with Crippen LogP contribution in [-0.4, -0.2) is 38.2 Å². The minimum absolute atomic E-state index is 0.466. The minimum Gasteiger partial charge on any atom is -0.494 e. The second-order valence-electron chi connectivity index (χ2n) is 4.51. The van der Waals surface area contributed by atoms with Crippen LogP contribution >= 0.6 is 0 Å². The Bertz CT molecular complexity index is 354. The van der Waals surface area contributed by atoms with Crippen molar-refractivity contribution in [2.75, 3.05) is 33.3 Å². The lowest BCUT2D eigenvalue weighted by Crippen LogP contribution is -2.27. The second kappa shape index (κ2) is 6.03. The van der Waals surface area contributed by atoms with Crippen LogP contribution in [0.15, 0.2) is 24.3 Å². The Morgan fingerprint density at radius 2 is 2.18 bits per heavy atom. The third-order valence-electron chi connectivity index (χ3n) is 3.35. The summed E-state index contributed by atoms with van der Waals surface area (Å²) >= 11 is 0. The number of nitrogens with zero attached hydrogens (tertiary/aromatic N) is 1. The monoisotopic (exact) mass is 234 g/mol. The summed E-state index contributed by atoms with van der Waals surface area (Å²) in [5.41, 5.74) is 1.32. The summed E-state index contributed by atoms with van der Waals surface area (Å²) < 4.78 is 5.73. The molecule has 0 aromatic heterocycles. The topological polar surface area (TPSA) is 24.5 Å². The van der Waals surface area contributed by atoms with E-state index in [1.165, 1.54) is 5.56 Å². The van der Waals surface area contributed by atoms with Gasteiger partial charge in [0.2, 0.25) is 0 Å². The first-order valence-corrected chi connectivity index (χ1v) is 6.45. The fraction of sp³-hybridized carbons (Fsp3) is 0.571. The summed E-state index contributed by atoms with van der Waals surface area (Å²) in [4.78, 5) is 2.41. The molecule has 17 heavy (non-hydrogen) atoms. The Kier molecular flexibility index (Phi) is 4.40. The maximum absolute atomic E-state index is 5.73. The van der Waals surface area contributed by atoms with Gasteiger partial charge >= 0.3 is 0 Å². The van der Waals surface area contributed by atoms with Gasteiger partial charge in [-0.1, -0.05) is 18.2 Å². The van der Waals surface area contributed by atoms with Crippen molar-refractivity contribution >= 4 is 0 Å². The molecule has 0 saturated carbocycles. The molecule has 1 aliphatic rings. The molecule has 1 unspecified atom stereocenters. The largest absolute Gasteiger partial charge is 0.494 e. The van der Waals surface area contributed by atoms with Crippen LogP contribution in [0.4, 0.5) is 0 Å². The summed E-state index contributed by atoms with van der Waals surface area (Å²) in [6.07, 6.45) is 1.14. The number of likely N-dealkylation sites (N-methyl/N-ethyl adjacent to an activating group) is 1. The van der Waals surface area contributed by atoms with E-state index < -0.39 is 0 Å². The summed E-state index contributed by atoms with van der Waals surface area (Å²) in [5.74, 6) is 1.04. The van der Waals surface area contributed by atoms with Gasteiger partial charge < -0.3 is 10.1 Å². The van der Waals surface area contributed by atoms with Gasteiger partial charge in [-0.25, -0.2) is 0 Å².